The Labute approximate surface area is 177 Å². The Morgan fingerprint density at radius 2 is 1.68 bits per heavy atom. The van der Waals surface area contributed by atoms with Crippen LogP contribution in [0.3, 0.4) is 0 Å². The second-order valence-corrected chi connectivity index (χ2v) is 8.04. The van der Waals surface area contributed by atoms with E-state index in [0.29, 0.717) is 16.7 Å². The first-order valence-corrected chi connectivity index (χ1v) is 10.1. The summed E-state index contributed by atoms with van der Waals surface area (Å²) in [5.74, 6) is 0.616. The van der Waals surface area contributed by atoms with Crippen LogP contribution in [-0.4, -0.2) is 9.55 Å². The second-order valence-electron chi connectivity index (χ2n) is 6.80. The predicted octanol–water partition coefficient (Wildman–Crippen LogP) is 5.78. The van der Waals surface area contributed by atoms with Crippen LogP contribution in [-0.2, 0) is 0 Å². The molecule has 4 aromatic rings. The van der Waals surface area contributed by atoms with Crippen LogP contribution in [0.5, 0.6) is 0 Å². The minimum absolute atomic E-state index is 0.0585. The third-order valence-corrected chi connectivity index (χ3v) is 5.42. The number of rotatable bonds is 3. The van der Waals surface area contributed by atoms with Crippen LogP contribution < -0.4 is 5.56 Å². The van der Waals surface area contributed by atoms with Crippen molar-refractivity contribution < 1.29 is 0 Å². The van der Waals surface area contributed by atoms with Crippen LogP contribution in [0.2, 0.25) is 0 Å². The highest BCUT2D eigenvalue weighted by Crippen LogP contribution is 2.18. The number of aryl methyl sites for hydroxylation is 2. The molecule has 0 bridgehead atoms. The summed E-state index contributed by atoms with van der Waals surface area (Å²) in [5.41, 5.74) is 4.90. The SMILES string of the molecule is Cc1ccc(-n2c(/C=C/c3ccccc3C)nc3ccc(I)cc3c2=O)cc1. The van der Waals surface area contributed by atoms with E-state index in [-0.39, 0.29) is 5.56 Å². The molecule has 3 aromatic carbocycles. The lowest BCUT2D eigenvalue weighted by molar-refractivity contribution is 0.943. The topological polar surface area (TPSA) is 34.9 Å². The second kappa shape index (κ2) is 7.72. The molecule has 0 atom stereocenters. The fourth-order valence-corrected chi connectivity index (χ4v) is 3.66. The highest BCUT2D eigenvalue weighted by Gasteiger charge is 2.11. The quantitative estimate of drug-likeness (QED) is 0.350. The van der Waals surface area contributed by atoms with Crippen molar-refractivity contribution in [1.82, 2.24) is 9.55 Å². The molecule has 0 fully saturated rings. The van der Waals surface area contributed by atoms with Crippen LogP contribution in [0.15, 0.2) is 71.5 Å². The smallest absolute Gasteiger partial charge is 0.266 e. The van der Waals surface area contributed by atoms with E-state index in [4.69, 9.17) is 4.98 Å². The molecular formula is C24H19IN2O. The summed E-state index contributed by atoms with van der Waals surface area (Å²) >= 11 is 2.22. The molecule has 0 amide bonds. The molecule has 1 aromatic heterocycles. The molecule has 138 valence electrons. The average Bonchev–Trinajstić information content (AvgIpc) is 2.69. The summed E-state index contributed by atoms with van der Waals surface area (Å²) in [6.07, 6.45) is 3.93. The van der Waals surface area contributed by atoms with Crippen molar-refractivity contribution in [3.8, 4) is 5.69 Å². The lowest BCUT2D eigenvalue weighted by atomic mass is 10.1. The number of benzene rings is 3. The largest absolute Gasteiger partial charge is 0.268 e. The maximum atomic E-state index is 13.4. The Hall–Kier alpha value is -2.73. The molecule has 3 nitrogen and oxygen atoms in total. The van der Waals surface area contributed by atoms with Crippen LogP contribution in [0.4, 0.5) is 0 Å². The van der Waals surface area contributed by atoms with Crippen LogP contribution in [0, 0.1) is 17.4 Å². The summed E-state index contributed by atoms with van der Waals surface area (Å²) in [6, 6.07) is 21.9. The molecule has 0 saturated carbocycles. The van der Waals surface area contributed by atoms with Gasteiger partial charge < -0.3 is 0 Å². The van der Waals surface area contributed by atoms with Gasteiger partial charge in [0, 0.05) is 3.57 Å². The van der Waals surface area contributed by atoms with Crippen molar-refractivity contribution in [2.75, 3.05) is 0 Å². The molecule has 0 spiro atoms. The van der Waals surface area contributed by atoms with Gasteiger partial charge in [-0.2, -0.15) is 0 Å². The first-order chi connectivity index (χ1) is 13.5. The molecule has 0 aliphatic rings. The van der Waals surface area contributed by atoms with E-state index in [9.17, 15) is 4.79 Å². The van der Waals surface area contributed by atoms with Gasteiger partial charge in [0.2, 0.25) is 0 Å². The summed E-state index contributed by atoms with van der Waals surface area (Å²) in [6.45, 7) is 4.11. The van der Waals surface area contributed by atoms with Gasteiger partial charge in [-0.05, 0) is 84.0 Å². The van der Waals surface area contributed by atoms with Crippen LogP contribution in [0.1, 0.15) is 22.5 Å². The molecule has 0 aliphatic carbocycles. The van der Waals surface area contributed by atoms with Gasteiger partial charge in [-0.3, -0.25) is 9.36 Å². The van der Waals surface area contributed by atoms with Crippen LogP contribution >= 0.6 is 22.6 Å². The number of hydrogen-bond acceptors (Lipinski definition) is 2. The highest BCUT2D eigenvalue weighted by molar-refractivity contribution is 14.1. The number of nitrogens with zero attached hydrogens (tertiary/aromatic N) is 2. The van der Waals surface area contributed by atoms with E-state index in [2.05, 4.69) is 41.6 Å². The van der Waals surface area contributed by atoms with E-state index >= 15 is 0 Å². The molecule has 0 aliphatic heterocycles. The Balaban J connectivity index is 1.97. The maximum absolute atomic E-state index is 13.4. The zero-order valence-corrected chi connectivity index (χ0v) is 17.8. The van der Waals surface area contributed by atoms with Gasteiger partial charge in [0.1, 0.15) is 5.82 Å². The Morgan fingerprint density at radius 1 is 0.929 bits per heavy atom. The summed E-state index contributed by atoms with van der Waals surface area (Å²) < 4.78 is 2.70. The van der Waals surface area contributed by atoms with Crippen LogP contribution in [0.25, 0.3) is 28.7 Å². The molecule has 0 unspecified atom stereocenters. The maximum Gasteiger partial charge on any atom is 0.266 e. The first-order valence-electron chi connectivity index (χ1n) is 9.06. The zero-order valence-electron chi connectivity index (χ0n) is 15.7. The molecule has 0 radical (unpaired) electrons. The highest BCUT2D eigenvalue weighted by atomic mass is 127. The number of hydrogen-bond donors (Lipinski definition) is 0. The van der Waals surface area contributed by atoms with Gasteiger partial charge >= 0.3 is 0 Å². The Morgan fingerprint density at radius 3 is 2.43 bits per heavy atom. The number of aromatic nitrogens is 2. The van der Waals surface area contributed by atoms with E-state index in [1.165, 1.54) is 5.56 Å². The van der Waals surface area contributed by atoms with Crippen molar-refractivity contribution in [3.63, 3.8) is 0 Å². The van der Waals surface area contributed by atoms with Gasteiger partial charge in [-0.25, -0.2) is 4.98 Å². The zero-order chi connectivity index (χ0) is 19.7. The van der Waals surface area contributed by atoms with Crippen molar-refractivity contribution >= 4 is 45.6 Å². The lowest BCUT2D eigenvalue weighted by Crippen LogP contribution is -2.22. The number of halogens is 1. The van der Waals surface area contributed by atoms with E-state index in [0.717, 1.165) is 20.4 Å². The van der Waals surface area contributed by atoms with E-state index in [1.807, 2.05) is 73.7 Å². The van der Waals surface area contributed by atoms with E-state index < -0.39 is 0 Å². The molecular weight excluding hydrogens is 459 g/mol. The standard InChI is InChI=1S/C24H19IN2O/c1-16-7-11-20(12-8-16)27-23(14-9-18-6-4-3-5-17(18)2)26-22-13-10-19(25)15-21(22)24(27)28/h3-15H,1-2H3/b14-9+. The Kier molecular flexibility index (Phi) is 5.13. The third-order valence-electron chi connectivity index (χ3n) is 4.75. The van der Waals surface area contributed by atoms with Crippen molar-refractivity contribution in [2.45, 2.75) is 13.8 Å². The molecule has 4 rings (SSSR count). The van der Waals surface area contributed by atoms with E-state index in [1.54, 1.807) is 4.57 Å². The van der Waals surface area contributed by atoms with Gasteiger partial charge in [-0.1, -0.05) is 48.0 Å². The van der Waals surface area contributed by atoms with Gasteiger partial charge in [-0.15, -0.1) is 0 Å². The summed E-state index contributed by atoms with van der Waals surface area (Å²) in [7, 11) is 0. The van der Waals surface area contributed by atoms with Gasteiger partial charge in [0.25, 0.3) is 5.56 Å². The summed E-state index contributed by atoms with van der Waals surface area (Å²) in [5, 5.41) is 0.625. The fourth-order valence-electron chi connectivity index (χ4n) is 3.17. The minimum atomic E-state index is -0.0585. The van der Waals surface area contributed by atoms with Crippen molar-refractivity contribution in [3.05, 3.63) is 103 Å². The van der Waals surface area contributed by atoms with Crippen molar-refractivity contribution in [1.29, 1.82) is 0 Å². The first kappa shape index (κ1) is 18.6. The monoisotopic (exact) mass is 478 g/mol. The normalized spacial score (nSPS) is 11.4. The minimum Gasteiger partial charge on any atom is -0.268 e. The fraction of sp³-hybridized carbons (Fsp3) is 0.0833. The predicted molar refractivity (Wildman–Crippen MR) is 125 cm³/mol. The average molecular weight is 478 g/mol. The van der Waals surface area contributed by atoms with Gasteiger partial charge in [0.05, 0.1) is 16.6 Å². The van der Waals surface area contributed by atoms with Crippen molar-refractivity contribution in [2.24, 2.45) is 0 Å². The number of fused-ring (bicyclic) bond motifs is 1. The molecule has 0 N–H and O–H groups in total. The molecule has 4 heteroatoms. The molecule has 0 saturated heterocycles. The molecule has 1 heterocycles. The van der Waals surface area contributed by atoms with Gasteiger partial charge in [0.15, 0.2) is 0 Å². The third kappa shape index (κ3) is 3.64. The lowest BCUT2D eigenvalue weighted by Gasteiger charge is -2.12. The Bertz CT molecular complexity index is 1250. The summed E-state index contributed by atoms with van der Waals surface area (Å²) in [4.78, 5) is 18.1. The molecule has 28 heavy (non-hydrogen) atoms.